The lowest BCUT2D eigenvalue weighted by Crippen LogP contribution is -2.49. The summed E-state index contributed by atoms with van der Waals surface area (Å²) in [5.41, 5.74) is -0.505. The molecule has 0 amide bonds. The molecule has 0 spiro atoms. The molecule has 1 aromatic carbocycles. The molecule has 2 atom stereocenters. The van der Waals surface area contributed by atoms with Gasteiger partial charge in [-0.3, -0.25) is 4.79 Å². The smallest absolute Gasteiger partial charge is 0.326 e. The Kier molecular flexibility index (Phi) is 5.52. The molecule has 1 aliphatic carbocycles. The lowest BCUT2D eigenvalue weighted by atomic mass is 9.98. The van der Waals surface area contributed by atoms with Crippen LogP contribution in [-0.2, 0) is 9.53 Å². The molecule has 5 heteroatoms. The number of halogens is 1. The number of carbonyl (C=O) groups is 1. The van der Waals surface area contributed by atoms with Gasteiger partial charge in [0.05, 0.1) is 6.61 Å². The number of hydrogen-bond acceptors (Lipinski definition) is 4. The van der Waals surface area contributed by atoms with Gasteiger partial charge in [-0.1, -0.05) is 12.1 Å². The number of thioether (sulfide) groups is 1. The van der Waals surface area contributed by atoms with Crippen LogP contribution in [0.1, 0.15) is 26.2 Å². The zero-order valence-corrected chi connectivity index (χ0v) is 14.2. The molecule has 1 aromatic rings. The summed E-state index contributed by atoms with van der Waals surface area (Å²) in [7, 11) is 1.85. The van der Waals surface area contributed by atoms with Gasteiger partial charge in [0.2, 0.25) is 0 Å². The first-order valence-corrected chi connectivity index (χ1v) is 8.56. The molecule has 2 rings (SSSR count). The SMILES string of the molecule is CCOC(=O)C1(NC)CCC(Sc2ccccc2Br)C1. The van der Waals surface area contributed by atoms with E-state index in [1.165, 1.54) is 4.90 Å². The van der Waals surface area contributed by atoms with Crippen LogP contribution >= 0.6 is 27.7 Å². The molecule has 20 heavy (non-hydrogen) atoms. The van der Waals surface area contributed by atoms with Crippen molar-refractivity contribution in [2.75, 3.05) is 13.7 Å². The van der Waals surface area contributed by atoms with Crippen LogP contribution in [0.25, 0.3) is 0 Å². The number of esters is 1. The van der Waals surface area contributed by atoms with Crippen LogP contribution in [0.2, 0.25) is 0 Å². The molecule has 0 aliphatic heterocycles. The van der Waals surface area contributed by atoms with Crippen molar-refractivity contribution in [1.82, 2.24) is 5.32 Å². The maximum absolute atomic E-state index is 12.2. The van der Waals surface area contributed by atoms with Gasteiger partial charge in [0.25, 0.3) is 0 Å². The van der Waals surface area contributed by atoms with Crippen LogP contribution in [0.15, 0.2) is 33.6 Å². The van der Waals surface area contributed by atoms with E-state index in [9.17, 15) is 4.79 Å². The van der Waals surface area contributed by atoms with Crippen molar-refractivity contribution in [2.45, 2.75) is 41.9 Å². The summed E-state index contributed by atoms with van der Waals surface area (Å²) in [6, 6.07) is 8.21. The minimum atomic E-state index is -0.505. The second kappa shape index (κ2) is 6.96. The molecule has 1 saturated carbocycles. The van der Waals surface area contributed by atoms with E-state index >= 15 is 0 Å². The van der Waals surface area contributed by atoms with E-state index < -0.39 is 5.54 Å². The fourth-order valence-corrected chi connectivity index (χ4v) is 4.47. The Labute approximate surface area is 133 Å². The minimum absolute atomic E-state index is 0.113. The number of likely N-dealkylation sites (N-methyl/N-ethyl adjacent to an activating group) is 1. The van der Waals surface area contributed by atoms with E-state index in [2.05, 4.69) is 27.3 Å². The summed E-state index contributed by atoms with van der Waals surface area (Å²) in [6.07, 6.45) is 2.67. The molecule has 0 radical (unpaired) electrons. The Balaban J connectivity index is 2.04. The van der Waals surface area contributed by atoms with Gasteiger partial charge in [-0.25, -0.2) is 0 Å². The standard InChI is InChI=1S/C15H20BrNO2S/c1-3-19-14(18)15(17-2)9-8-11(10-15)20-13-7-5-4-6-12(13)16/h4-7,11,17H,3,8-10H2,1-2H3. The van der Waals surface area contributed by atoms with E-state index in [0.29, 0.717) is 11.9 Å². The van der Waals surface area contributed by atoms with Crippen molar-refractivity contribution in [3.8, 4) is 0 Å². The average Bonchev–Trinajstić information content (AvgIpc) is 2.86. The van der Waals surface area contributed by atoms with Crippen molar-refractivity contribution in [3.05, 3.63) is 28.7 Å². The predicted octanol–water partition coefficient (Wildman–Crippen LogP) is 3.62. The highest BCUT2D eigenvalue weighted by molar-refractivity contribution is 9.10. The van der Waals surface area contributed by atoms with E-state index in [1.54, 1.807) is 0 Å². The second-order valence-corrected chi connectivity index (χ2v) is 7.16. The topological polar surface area (TPSA) is 38.3 Å². The van der Waals surface area contributed by atoms with Gasteiger partial charge in [0, 0.05) is 14.6 Å². The summed E-state index contributed by atoms with van der Waals surface area (Å²) >= 11 is 5.41. The Morgan fingerprint density at radius 2 is 2.30 bits per heavy atom. The molecule has 0 bridgehead atoms. The summed E-state index contributed by atoms with van der Waals surface area (Å²) in [5, 5.41) is 3.63. The molecular weight excluding hydrogens is 338 g/mol. The maximum Gasteiger partial charge on any atom is 0.326 e. The molecule has 1 aliphatic rings. The van der Waals surface area contributed by atoms with E-state index in [0.717, 1.165) is 23.7 Å². The van der Waals surface area contributed by atoms with Crippen LogP contribution in [0.4, 0.5) is 0 Å². The molecule has 1 N–H and O–H groups in total. The van der Waals surface area contributed by atoms with Crippen molar-refractivity contribution in [1.29, 1.82) is 0 Å². The van der Waals surface area contributed by atoms with Gasteiger partial charge in [0.1, 0.15) is 5.54 Å². The van der Waals surface area contributed by atoms with Gasteiger partial charge in [-0.15, -0.1) is 11.8 Å². The first-order chi connectivity index (χ1) is 9.61. The molecule has 110 valence electrons. The summed E-state index contributed by atoms with van der Waals surface area (Å²) < 4.78 is 6.34. The zero-order chi connectivity index (χ0) is 14.6. The van der Waals surface area contributed by atoms with Crippen LogP contribution in [0.5, 0.6) is 0 Å². The lowest BCUT2D eigenvalue weighted by molar-refractivity contribution is -0.150. The summed E-state index contributed by atoms with van der Waals surface area (Å²) in [5.74, 6) is -0.113. The largest absolute Gasteiger partial charge is 0.465 e. The minimum Gasteiger partial charge on any atom is -0.465 e. The second-order valence-electron chi connectivity index (χ2n) is 4.97. The molecule has 3 nitrogen and oxygen atoms in total. The average molecular weight is 358 g/mol. The van der Waals surface area contributed by atoms with Gasteiger partial charge >= 0.3 is 5.97 Å². The normalized spacial score (nSPS) is 25.6. The zero-order valence-electron chi connectivity index (χ0n) is 11.8. The van der Waals surface area contributed by atoms with Crippen molar-refractivity contribution < 1.29 is 9.53 Å². The number of benzene rings is 1. The van der Waals surface area contributed by atoms with Gasteiger partial charge in [0.15, 0.2) is 0 Å². The maximum atomic E-state index is 12.2. The highest BCUT2D eigenvalue weighted by Crippen LogP contribution is 2.42. The van der Waals surface area contributed by atoms with Gasteiger partial charge in [-0.2, -0.15) is 0 Å². The molecule has 1 fully saturated rings. The Morgan fingerprint density at radius 1 is 1.55 bits per heavy atom. The highest BCUT2D eigenvalue weighted by Gasteiger charge is 2.45. The van der Waals surface area contributed by atoms with Crippen LogP contribution in [0, 0.1) is 0 Å². The third-order valence-electron chi connectivity index (χ3n) is 3.74. The first-order valence-electron chi connectivity index (χ1n) is 6.88. The molecule has 0 aromatic heterocycles. The van der Waals surface area contributed by atoms with Crippen molar-refractivity contribution in [2.24, 2.45) is 0 Å². The number of rotatable bonds is 5. The number of hydrogen-bond donors (Lipinski definition) is 1. The fourth-order valence-electron chi connectivity index (χ4n) is 2.60. The first kappa shape index (κ1) is 15.9. The summed E-state index contributed by atoms with van der Waals surface area (Å²) in [4.78, 5) is 13.4. The summed E-state index contributed by atoms with van der Waals surface area (Å²) in [6.45, 7) is 2.29. The molecule has 2 unspecified atom stereocenters. The van der Waals surface area contributed by atoms with Gasteiger partial charge < -0.3 is 10.1 Å². The monoisotopic (exact) mass is 357 g/mol. The van der Waals surface area contributed by atoms with E-state index in [4.69, 9.17) is 4.74 Å². The van der Waals surface area contributed by atoms with Crippen LogP contribution < -0.4 is 5.32 Å². The quantitative estimate of drug-likeness (QED) is 0.816. The number of ether oxygens (including phenoxy) is 1. The Bertz CT molecular complexity index is 483. The van der Waals surface area contributed by atoms with Crippen molar-refractivity contribution in [3.63, 3.8) is 0 Å². The van der Waals surface area contributed by atoms with Crippen LogP contribution in [-0.4, -0.2) is 30.4 Å². The molecular formula is C15H20BrNO2S. The van der Waals surface area contributed by atoms with Gasteiger partial charge in [-0.05, 0) is 61.3 Å². The fraction of sp³-hybridized carbons (Fsp3) is 0.533. The lowest BCUT2D eigenvalue weighted by Gasteiger charge is -2.26. The number of carbonyl (C=O) groups excluding carboxylic acids is 1. The van der Waals surface area contributed by atoms with Crippen LogP contribution in [0.3, 0.4) is 0 Å². The Hall–Kier alpha value is -0.520. The third kappa shape index (κ3) is 3.38. The van der Waals surface area contributed by atoms with Crippen molar-refractivity contribution >= 4 is 33.7 Å². The van der Waals surface area contributed by atoms with E-state index in [-0.39, 0.29) is 5.97 Å². The third-order valence-corrected chi connectivity index (χ3v) is 6.04. The van der Waals surface area contributed by atoms with E-state index in [1.807, 2.05) is 43.9 Å². The number of nitrogens with one attached hydrogen (secondary N) is 1. The molecule has 0 saturated heterocycles. The Morgan fingerprint density at radius 3 is 2.95 bits per heavy atom. The predicted molar refractivity (Wildman–Crippen MR) is 86.1 cm³/mol. The highest BCUT2D eigenvalue weighted by atomic mass is 79.9. The molecule has 0 heterocycles.